The van der Waals surface area contributed by atoms with Crippen LogP contribution in [0.15, 0.2) is 24.3 Å². The molecule has 0 aliphatic heterocycles. The Kier molecular flexibility index (Phi) is 4.79. The molecule has 0 radical (unpaired) electrons. The lowest BCUT2D eigenvalue weighted by Gasteiger charge is -2.05. The molecule has 1 aromatic rings. The highest BCUT2D eigenvalue weighted by molar-refractivity contribution is 6.27. The van der Waals surface area contributed by atoms with Gasteiger partial charge in [0, 0.05) is 19.2 Å². The molecule has 1 rings (SSSR count). The van der Waals surface area contributed by atoms with Crippen LogP contribution in [0.2, 0.25) is 0 Å². The van der Waals surface area contributed by atoms with Crippen molar-refractivity contribution in [1.82, 2.24) is 5.32 Å². The maximum atomic E-state index is 10.9. The molecule has 16 heavy (non-hydrogen) atoms. The Morgan fingerprint density at radius 1 is 1.25 bits per heavy atom. The molecule has 0 saturated heterocycles. The first-order valence-corrected chi connectivity index (χ1v) is 5.34. The first-order chi connectivity index (χ1) is 7.61. The lowest BCUT2D eigenvalue weighted by Crippen LogP contribution is -2.23. The molecule has 0 aliphatic rings. The van der Waals surface area contributed by atoms with Crippen LogP contribution in [-0.2, 0) is 16.1 Å². The molecular formula is C11H13ClN2O2. The first-order valence-electron chi connectivity index (χ1n) is 4.81. The summed E-state index contributed by atoms with van der Waals surface area (Å²) in [5, 5.41) is 5.31. The fourth-order valence-electron chi connectivity index (χ4n) is 1.16. The van der Waals surface area contributed by atoms with Crippen LogP contribution in [0.1, 0.15) is 12.5 Å². The number of benzene rings is 1. The Hall–Kier alpha value is -1.55. The number of hydrogen-bond donors (Lipinski definition) is 2. The number of carbonyl (C=O) groups excluding carboxylic acids is 2. The summed E-state index contributed by atoms with van der Waals surface area (Å²) in [7, 11) is 0. The average Bonchev–Trinajstić information content (AvgIpc) is 2.27. The fraction of sp³-hybridized carbons (Fsp3) is 0.273. The van der Waals surface area contributed by atoms with Gasteiger partial charge in [-0.05, 0) is 17.7 Å². The van der Waals surface area contributed by atoms with E-state index in [1.54, 1.807) is 12.1 Å². The zero-order chi connectivity index (χ0) is 12.0. The predicted octanol–water partition coefficient (Wildman–Crippen LogP) is 1.50. The van der Waals surface area contributed by atoms with Gasteiger partial charge in [-0.3, -0.25) is 9.59 Å². The summed E-state index contributed by atoms with van der Waals surface area (Å²) in [4.78, 5) is 21.7. The number of anilines is 1. The molecule has 5 heteroatoms. The number of halogens is 1. The van der Waals surface area contributed by atoms with Crippen LogP contribution in [0.4, 0.5) is 5.69 Å². The molecule has 2 amide bonds. The predicted molar refractivity (Wildman–Crippen MR) is 63.3 cm³/mol. The molecule has 0 aromatic heterocycles. The van der Waals surface area contributed by atoms with E-state index in [1.165, 1.54) is 6.92 Å². The second kappa shape index (κ2) is 6.12. The summed E-state index contributed by atoms with van der Waals surface area (Å²) in [5.74, 6) is -0.347. The monoisotopic (exact) mass is 240 g/mol. The molecule has 0 bridgehead atoms. The van der Waals surface area contributed by atoms with Crippen LogP contribution in [-0.4, -0.2) is 17.7 Å². The second-order valence-corrected chi connectivity index (χ2v) is 3.56. The van der Waals surface area contributed by atoms with E-state index in [0.717, 1.165) is 11.3 Å². The Bertz CT molecular complexity index is 376. The Morgan fingerprint density at radius 3 is 2.38 bits per heavy atom. The minimum atomic E-state index is -0.201. The van der Waals surface area contributed by atoms with E-state index < -0.39 is 0 Å². The van der Waals surface area contributed by atoms with Gasteiger partial charge in [-0.1, -0.05) is 12.1 Å². The summed E-state index contributed by atoms with van der Waals surface area (Å²) >= 11 is 5.34. The number of alkyl halides is 1. The molecule has 4 nitrogen and oxygen atoms in total. The van der Waals surface area contributed by atoms with Gasteiger partial charge in [0.2, 0.25) is 11.8 Å². The lowest BCUT2D eigenvalue weighted by atomic mass is 10.2. The van der Waals surface area contributed by atoms with Crippen LogP contribution in [0.3, 0.4) is 0 Å². The van der Waals surface area contributed by atoms with Crippen molar-refractivity contribution in [2.45, 2.75) is 13.5 Å². The molecule has 0 aliphatic carbocycles. The van der Waals surface area contributed by atoms with Crippen molar-refractivity contribution in [3.8, 4) is 0 Å². The fourth-order valence-corrected chi connectivity index (χ4v) is 1.25. The molecule has 2 N–H and O–H groups in total. The molecule has 0 heterocycles. The maximum Gasteiger partial charge on any atom is 0.235 e. The first kappa shape index (κ1) is 12.5. The molecule has 86 valence electrons. The van der Waals surface area contributed by atoms with Crippen molar-refractivity contribution in [3.63, 3.8) is 0 Å². The highest BCUT2D eigenvalue weighted by atomic mass is 35.5. The van der Waals surface area contributed by atoms with Gasteiger partial charge < -0.3 is 10.6 Å². The van der Waals surface area contributed by atoms with Gasteiger partial charge in [-0.25, -0.2) is 0 Å². The molecule has 1 aromatic carbocycles. The average molecular weight is 241 g/mol. The molecular weight excluding hydrogens is 228 g/mol. The summed E-state index contributed by atoms with van der Waals surface area (Å²) in [6.07, 6.45) is 0. The number of rotatable bonds is 4. The zero-order valence-electron chi connectivity index (χ0n) is 8.92. The van der Waals surface area contributed by atoms with Gasteiger partial charge >= 0.3 is 0 Å². The van der Waals surface area contributed by atoms with Crippen molar-refractivity contribution in [1.29, 1.82) is 0 Å². The molecule has 0 atom stereocenters. The second-order valence-electron chi connectivity index (χ2n) is 3.29. The highest BCUT2D eigenvalue weighted by Crippen LogP contribution is 2.09. The maximum absolute atomic E-state index is 10.9. The summed E-state index contributed by atoms with van der Waals surface area (Å²) < 4.78 is 0. The topological polar surface area (TPSA) is 58.2 Å². The third-order valence-corrected chi connectivity index (χ3v) is 2.13. The minimum absolute atomic E-state index is 0.0377. The third kappa shape index (κ3) is 4.31. The number of amides is 2. The van der Waals surface area contributed by atoms with E-state index in [4.69, 9.17) is 11.6 Å². The standard InChI is InChI=1S/C11H13ClN2O2/c1-8(15)14-10-4-2-9(3-5-10)7-13-11(16)6-12/h2-5H,6-7H2,1H3,(H,13,16)(H,14,15). The summed E-state index contributed by atoms with van der Waals surface area (Å²) in [6.45, 7) is 1.89. The van der Waals surface area contributed by atoms with Crippen molar-refractivity contribution < 1.29 is 9.59 Å². The van der Waals surface area contributed by atoms with E-state index in [2.05, 4.69) is 10.6 Å². The van der Waals surface area contributed by atoms with E-state index in [9.17, 15) is 9.59 Å². The van der Waals surface area contributed by atoms with Crippen molar-refractivity contribution in [3.05, 3.63) is 29.8 Å². The molecule has 0 saturated carbocycles. The third-order valence-electron chi connectivity index (χ3n) is 1.89. The number of carbonyl (C=O) groups is 2. The zero-order valence-corrected chi connectivity index (χ0v) is 9.67. The van der Waals surface area contributed by atoms with E-state index in [0.29, 0.717) is 6.54 Å². The van der Waals surface area contributed by atoms with Gasteiger partial charge in [-0.15, -0.1) is 11.6 Å². The van der Waals surface area contributed by atoms with Crippen LogP contribution < -0.4 is 10.6 Å². The van der Waals surface area contributed by atoms with Crippen molar-refractivity contribution in [2.75, 3.05) is 11.2 Å². The smallest absolute Gasteiger partial charge is 0.235 e. The molecule has 0 fully saturated rings. The van der Waals surface area contributed by atoms with Crippen LogP contribution >= 0.6 is 11.6 Å². The number of nitrogens with one attached hydrogen (secondary N) is 2. The Labute approximate surface area is 99.0 Å². The SMILES string of the molecule is CC(=O)Nc1ccc(CNC(=O)CCl)cc1. The van der Waals surface area contributed by atoms with Crippen LogP contribution in [0, 0.1) is 0 Å². The Balaban J connectivity index is 2.51. The summed E-state index contributed by atoms with van der Waals surface area (Å²) in [5.41, 5.74) is 1.69. The van der Waals surface area contributed by atoms with Crippen LogP contribution in [0.25, 0.3) is 0 Å². The van der Waals surface area contributed by atoms with E-state index in [1.807, 2.05) is 12.1 Å². The van der Waals surface area contributed by atoms with Gasteiger partial charge in [0.15, 0.2) is 0 Å². The lowest BCUT2D eigenvalue weighted by molar-refractivity contribution is -0.118. The van der Waals surface area contributed by atoms with E-state index in [-0.39, 0.29) is 17.7 Å². The molecule has 0 unspecified atom stereocenters. The van der Waals surface area contributed by atoms with Crippen LogP contribution in [0.5, 0.6) is 0 Å². The number of hydrogen-bond acceptors (Lipinski definition) is 2. The van der Waals surface area contributed by atoms with Gasteiger partial charge in [0.25, 0.3) is 0 Å². The largest absolute Gasteiger partial charge is 0.351 e. The van der Waals surface area contributed by atoms with Crippen molar-refractivity contribution in [2.24, 2.45) is 0 Å². The van der Waals surface area contributed by atoms with Gasteiger partial charge in [-0.2, -0.15) is 0 Å². The highest BCUT2D eigenvalue weighted by Gasteiger charge is 1.99. The summed E-state index contributed by atoms with van der Waals surface area (Å²) in [6, 6.07) is 7.23. The minimum Gasteiger partial charge on any atom is -0.351 e. The quantitative estimate of drug-likeness (QED) is 0.784. The molecule has 0 spiro atoms. The van der Waals surface area contributed by atoms with Gasteiger partial charge in [0.05, 0.1) is 0 Å². The van der Waals surface area contributed by atoms with E-state index >= 15 is 0 Å². The van der Waals surface area contributed by atoms with Crippen molar-refractivity contribution >= 4 is 29.1 Å². The Morgan fingerprint density at radius 2 is 1.88 bits per heavy atom. The van der Waals surface area contributed by atoms with Gasteiger partial charge in [0.1, 0.15) is 5.88 Å². The normalized spacial score (nSPS) is 9.62.